The maximum absolute atomic E-state index is 5.26. The third-order valence-corrected chi connectivity index (χ3v) is 16.9. The van der Waals surface area contributed by atoms with Gasteiger partial charge in [0.15, 0.2) is 17.5 Å². The van der Waals surface area contributed by atoms with Gasteiger partial charge in [0.05, 0.1) is 11.0 Å². The zero-order valence-corrected chi connectivity index (χ0v) is 46.0. The average molecular weight is 1030 g/mol. The highest BCUT2D eigenvalue weighted by atomic mass is 15.2. The first kappa shape index (κ1) is 49.9. The fourth-order valence-electron chi connectivity index (χ4n) is 12.4. The van der Waals surface area contributed by atoms with Crippen LogP contribution < -0.4 is 9.80 Å². The second kappa shape index (κ2) is 21.7. The molecule has 6 heteroatoms. The van der Waals surface area contributed by atoms with E-state index in [4.69, 9.17) is 15.0 Å². The van der Waals surface area contributed by atoms with Crippen LogP contribution in [-0.4, -0.2) is 19.5 Å². The van der Waals surface area contributed by atoms with Crippen molar-refractivity contribution in [1.29, 1.82) is 0 Å². The molecular weight excluding hydrogens is 961 g/mol. The summed E-state index contributed by atoms with van der Waals surface area (Å²) in [6.45, 7) is 8.59. The van der Waals surface area contributed by atoms with E-state index in [-0.39, 0.29) is 0 Å². The number of anilines is 6. The van der Waals surface area contributed by atoms with Gasteiger partial charge in [0.1, 0.15) is 0 Å². The van der Waals surface area contributed by atoms with E-state index < -0.39 is 0 Å². The van der Waals surface area contributed by atoms with E-state index >= 15 is 0 Å². The Morgan fingerprint density at radius 3 is 0.924 bits per heavy atom. The molecule has 2 saturated carbocycles. The van der Waals surface area contributed by atoms with E-state index in [1.54, 1.807) is 0 Å². The van der Waals surface area contributed by atoms with Crippen molar-refractivity contribution in [2.75, 3.05) is 9.80 Å². The van der Waals surface area contributed by atoms with Gasteiger partial charge in [-0.3, -0.25) is 0 Å². The lowest BCUT2D eigenvalue weighted by molar-refractivity contribution is 0.443. The minimum absolute atomic E-state index is 0.631. The maximum atomic E-state index is 5.26. The summed E-state index contributed by atoms with van der Waals surface area (Å²) in [6.07, 6.45) is 13.0. The molecule has 0 aliphatic heterocycles. The van der Waals surface area contributed by atoms with Crippen molar-refractivity contribution in [3.05, 3.63) is 240 Å². The molecule has 6 nitrogen and oxygen atoms in total. The van der Waals surface area contributed by atoms with Gasteiger partial charge in [-0.25, -0.2) is 15.0 Å². The molecule has 2 fully saturated rings. The Morgan fingerprint density at radius 1 is 0.316 bits per heavy atom. The van der Waals surface area contributed by atoms with Gasteiger partial charge in [-0.05, 0) is 186 Å². The number of fused-ring (bicyclic) bond motifs is 3. The van der Waals surface area contributed by atoms with E-state index in [2.05, 4.69) is 248 Å². The molecule has 2 aromatic heterocycles. The first-order valence-corrected chi connectivity index (χ1v) is 28.8. The number of nitrogens with zero attached hydrogens (tertiary/aromatic N) is 6. The number of aromatic nitrogens is 4. The van der Waals surface area contributed by atoms with Crippen molar-refractivity contribution in [3.63, 3.8) is 0 Å². The normalized spacial score (nSPS) is 14.2. The van der Waals surface area contributed by atoms with Crippen LogP contribution in [0.4, 0.5) is 34.1 Å². The maximum Gasteiger partial charge on any atom is 0.164 e. The van der Waals surface area contributed by atoms with Crippen LogP contribution in [0.15, 0.2) is 206 Å². The molecule has 0 radical (unpaired) electrons. The van der Waals surface area contributed by atoms with Crippen molar-refractivity contribution in [2.24, 2.45) is 0 Å². The van der Waals surface area contributed by atoms with E-state index in [9.17, 15) is 0 Å². The second-order valence-electron chi connectivity index (χ2n) is 22.5. The van der Waals surface area contributed by atoms with Crippen molar-refractivity contribution in [2.45, 2.75) is 104 Å². The van der Waals surface area contributed by atoms with Crippen molar-refractivity contribution in [1.82, 2.24) is 19.5 Å². The van der Waals surface area contributed by atoms with Crippen LogP contribution in [0, 0.1) is 27.7 Å². The summed E-state index contributed by atoms with van der Waals surface area (Å²) in [5.41, 5.74) is 20.6. The van der Waals surface area contributed by atoms with Gasteiger partial charge in [-0.15, -0.1) is 0 Å². The molecule has 13 rings (SSSR count). The molecule has 390 valence electrons. The summed E-state index contributed by atoms with van der Waals surface area (Å²) in [6, 6.07) is 76.3. The van der Waals surface area contributed by atoms with Crippen LogP contribution in [0.2, 0.25) is 0 Å². The van der Waals surface area contributed by atoms with Crippen molar-refractivity contribution in [3.8, 4) is 39.9 Å². The minimum atomic E-state index is 0.631. The van der Waals surface area contributed by atoms with Crippen LogP contribution >= 0.6 is 0 Å². The molecular formula is C73H68N6. The Bertz CT molecular complexity index is 3580. The molecule has 0 spiro atoms. The molecule has 2 aliphatic rings. The molecule has 79 heavy (non-hydrogen) atoms. The number of rotatable bonds is 12. The van der Waals surface area contributed by atoms with Crippen LogP contribution in [0.1, 0.15) is 109 Å². The van der Waals surface area contributed by atoms with Gasteiger partial charge in [-0.2, -0.15) is 0 Å². The monoisotopic (exact) mass is 1030 g/mol. The Kier molecular flexibility index (Phi) is 13.7. The summed E-state index contributed by atoms with van der Waals surface area (Å²) in [4.78, 5) is 20.5. The molecule has 0 unspecified atom stereocenters. The quantitative estimate of drug-likeness (QED) is 0.122. The Labute approximate surface area is 466 Å². The predicted octanol–water partition coefficient (Wildman–Crippen LogP) is 20.2. The Hall–Kier alpha value is -8.61. The first-order valence-electron chi connectivity index (χ1n) is 28.8. The molecule has 0 saturated heterocycles. The van der Waals surface area contributed by atoms with Gasteiger partial charge in [0, 0.05) is 67.3 Å². The smallest absolute Gasteiger partial charge is 0.164 e. The first-order chi connectivity index (χ1) is 38.8. The fraction of sp³-hybridized carbons (Fsp3) is 0.219. The Morgan fingerprint density at radius 2 is 0.608 bits per heavy atom. The van der Waals surface area contributed by atoms with Gasteiger partial charge in [0.2, 0.25) is 0 Å². The van der Waals surface area contributed by atoms with Crippen LogP contribution in [0.25, 0.3) is 61.7 Å². The molecule has 0 atom stereocenters. The van der Waals surface area contributed by atoms with Crippen molar-refractivity contribution < 1.29 is 0 Å². The van der Waals surface area contributed by atoms with E-state index in [1.807, 2.05) is 0 Å². The highest BCUT2D eigenvalue weighted by Crippen LogP contribution is 2.44. The molecule has 11 aromatic rings. The summed E-state index contributed by atoms with van der Waals surface area (Å²) in [5.74, 6) is 3.31. The summed E-state index contributed by atoms with van der Waals surface area (Å²) >= 11 is 0. The van der Waals surface area contributed by atoms with Gasteiger partial charge >= 0.3 is 0 Å². The summed E-state index contributed by atoms with van der Waals surface area (Å²) < 4.78 is 2.41. The Balaban J connectivity index is 0.941. The van der Waals surface area contributed by atoms with Crippen LogP contribution in [0.3, 0.4) is 0 Å². The van der Waals surface area contributed by atoms with Crippen molar-refractivity contribution >= 4 is 55.9 Å². The van der Waals surface area contributed by atoms with Gasteiger partial charge in [-0.1, -0.05) is 158 Å². The van der Waals surface area contributed by atoms with Crippen LogP contribution in [-0.2, 0) is 0 Å². The number of hydrogen-bond acceptors (Lipinski definition) is 5. The third kappa shape index (κ3) is 10.2. The molecule has 9 aromatic carbocycles. The summed E-state index contributed by atoms with van der Waals surface area (Å²) in [5, 5.41) is 2.32. The third-order valence-electron chi connectivity index (χ3n) is 16.9. The SMILES string of the molecule is Cc1ccc(N(c2ccc(C)cc2)c2ccc3c(c2)c2cc(N(c4ccc(C)cc4)c4ccc(C)cc4)ccc2n3-c2ccc(-c3nc(-c4ccc(C5CCCCC5)cc4)nc(-c4ccc(C5CCCCC5)cc4)n3)cc2)cc1. The lowest BCUT2D eigenvalue weighted by Gasteiger charge is -2.26. The molecule has 2 heterocycles. The number of aryl methyl sites for hydroxylation is 4. The predicted molar refractivity (Wildman–Crippen MR) is 330 cm³/mol. The molecule has 0 N–H and O–H groups in total. The highest BCUT2D eigenvalue weighted by molar-refractivity contribution is 6.12. The zero-order valence-electron chi connectivity index (χ0n) is 46.0. The second-order valence-corrected chi connectivity index (χ2v) is 22.5. The standard InChI is InChI=1S/C73H68N6/c1-49-15-33-60(34-16-49)77(61-35-17-50(2)18-36-61)65-43-45-69-67(47-65)68-48-66(78(62-37-19-51(3)20-38-62)63-39-21-52(4)22-40-63)44-46-70(68)79(69)64-41-31-59(32-42-64)73-75-71(57-27-23-55(24-28-57)53-11-7-5-8-12-53)74-72(76-73)58-29-25-56(26-30-58)54-13-9-6-10-14-54/h15-48,53-54H,5-14H2,1-4H3. The molecule has 2 aliphatic carbocycles. The van der Waals surface area contributed by atoms with Gasteiger partial charge in [0.25, 0.3) is 0 Å². The number of benzene rings is 9. The minimum Gasteiger partial charge on any atom is -0.310 e. The van der Waals surface area contributed by atoms with E-state index in [1.165, 1.54) is 97.6 Å². The summed E-state index contributed by atoms with van der Waals surface area (Å²) in [7, 11) is 0. The number of hydrogen-bond donors (Lipinski definition) is 0. The zero-order chi connectivity index (χ0) is 53.4. The average Bonchev–Trinajstić information content (AvgIpc) is 4.02. The highest BCUT2D eigenvalue weighted by Gasteiger charge is 2.23. The largest absolute Gasteiger partial charge is 0.310 e. The van der Waals surface area contributed by atoms with E-state index in [0.717, 1.165) is 78.3 Å². The fourth-order valence-corrected chi connectivity index (χ4v) is 12.4. The van der Waals surface area contributed by atoms with Crippen LogP contribution in [0.5, 0.6) is 0 Å². The van der Waals surface area contributed by atoms with Gasteiger partial charge < -0.3 is 14.4 Å². The molecule has 0 bridgehead atoms. The lowest BCUT2D eigenvalue weighted by Crippen LogP contribution is -2.10. The molecule has 0 amide bonds. The van der Waals surface area contributed by atoms with E-state index in [0.29, 0.717) is 29.3 Å². The topological polar surface area (TPSA) is 50.1 Å². The lowest BCUT2D eigenvalue weighted by atomic mass is 9.84.